The van der Waals surface area contributed by atoms with Gasteiger partial charge in [-0.1, -0.05) is 29.8 Å². The molecule has 0 bridgehead atoms. The number of benzene rings is 2. The molecule has 0 saturated heterocycles. The quantitative estimate of drug-likeness (QED) is 0.544. The van der Waals surface area contributed by atoms with Gasteiger partial charge in [0.1, 0.15) is 5.56 Å². The van der Waals surface area contributed by atoms with E-state index < -0.39 is 24.5 Å². The molecule has 0 saturated carbocycles. The highest BCUT2D eigenvalue weighted by Gasteiger charge is 2.21. The summed E-state index contributed by atoms with van der Waals surface area (Å²) in [5.41, 5.74) is 3.12. The summed E-state index contributed by atoms with van der Waals surface area (Å²) in [6, 6.07) is 13.6. The molecule has 0 radical (unpaired) electrons. The molecule has 0 aliphatic rings. The largest absolute Gasteiger partial charge is 0.465 e. The van der Waals surface area contributed by atoms with Gasteiger partial charge in [-0.15, -0.1) is 0 Å². The zero-order valence-electron chi connectivity index (χ0n) is 17.8. The molecular formula is C23H22ClN3O5. The molecule has 0 spiro atoms. The zero-order chi connectivity index (χ0) is 23.3. The standard InChI is InChI=1S/C23H22ClN3O5/c1-14-21(15(2)27(26-14)12-17-6-4-5-7-19(17)24)23(30)32-13-20(28)25-18-10-8-16(9-11-18)22(29)31-3/h4-11H,12-13H2,1-3H3,(H,25,28). The number of amides is 1. The van der Waals surface area contributed by atoms with Crippen LogP contribution in [0.4, 0.5) is 5.69 Å². The normalized spacial score (nSPS) is 10.5. The van der Waals surface area contributed by atoms with Crippen LogP contribution in [-0.4, -0.2) is 41.3 Å². The van der Waals surface area contributed by atoms with E-state index >= 15 is 0 Å². The third-order valence-electron chi connectivity index (χ3n) is 4.79. The van der Waals surface area contributed by atoms with Crippen LogP contribution in [0, 0.1) is 13.8 Å². The minimum absolute atomic E-state index is 0.312. The number of ether oxygens (including phenoxy) is 2. The lowest BCUT2D eigenvalue weighted by Gasteiger charge is -2.08. The van der Waals surface area contributed by atoms with Crippen LogP contribution in [0.15, 0.2) is 48.5 Å². The maximum atomic E-state index is 12.6. The van der Waals surface area contributed by atoms with Crippen LogP contribution >= 0.6 is 11.6 Å². The summed E-state index contributed by atoms with van der Waals surface area (Å²) >= 11 is 6.22. The highest BCUT2D eigenvalue weighted by Crippen LogP contribution is 2.20. The number of nitrogens with zero attached hydrogens (tertiary/aromatic N) is 2. The average Bonchev–Trinajstić information content (AvgIpc) is 3.06. The smallest absolute Gasteiger partial charge is 0.342 e. The highest BCUT2D eigenvalue weighted by molar-refractivity contribution is 6.31. The van der Waals surface area contributed by atoms with Gasteiger partial charge in [0.05, 0.1) is 30.6 Å². The van der Waals surface area contributed by atoms with Gasteiger partial charge in [-0.2, -0.15) is 5.10 Å². The Morgan fingerprint density at radius 3 is 2.38 bits per heavy atom. The Labute approximate surface area is 190 Å². The minimum Gasteiger partial charge on any atom is -0.465 e. The van der Waals surface area contributed by atoms with Crippen LogP contribution < -0.4 is 5.32 Å². The molecule has 166 valence electrons. The molecule has 0 aliphatic carbocycles. The second-order valence-electron chi connectivity index (χ2n) is 6.99. The number of halogens is 1. The number of hydrogen-bond acceptors (Lipinski definition) is 6. The van der Waals surface area contributed by atoms with Gasteiger partial charge in [-0.05, 0) is 49.7 Å². The summed E-state index contributed by atoms with van der Waals surface area (Å²) in [5.74, 6) is -1.62. The summed E-state index contributed by atoms with van der Waals surface area (Å²) in [4.78, 5) is 36.2. The summed E-state index contributed by atoms with van der Waals surface area (Å²) in [6.07, 6.45) is 0. The van der Waals surface area contributed by atoms with Gasteiger partial charge >= 0.3 is 11.9 Å². The van der Waals surface area contributed by atoms with E-state index in [1.807, 2.05) is 18.2 Å². The van der Waals surface area contributed by atoms with Crippen LogP contribution in [0.3, 0.4) is 0 Å². The van der Waals surface area contributed by atoms with Gasteiger partial charge in [0.25, 0.3) is 5.91 Å². The van der Waals surface area contributed by atoms with E-state index in [0.717, 1.165) is 5.56 Å². The number of anilines is 1. The summed E-state index contributed by atoms with van der Waals surface area (Å²) in [7, 11) is 1.29. The van der Waals surface area contributed by atoms with E-state index in [-0.39, 0.29) is 0 Å². The minimum atomic E-state index is -0.637. The topological polar surface area (TPSA) is 99.5 Å². The molecule has 0 fully saturated rings. The molecule has 3 rings (SSSR count). The fourth-order valence-corrected chi connectivity index (χ4v) is 3.34. The van der Waals surface area contributed by atoms with Crippen molar-refractivity contribution in [2.24, 2.45) is 0 Å². The predicted molar refractivity (Wildman–Crippen MR) is 119 cm³/mol. The lowest BCUT2D eigenvalue weighted by molar-refractivity contribution is -0.119. The first-order chi connectivity index (χ1) is 15.3. The second-order valence-corrected chi connectivity index (χ2v) is 7.40. The predicted octanol–water partition coefficient (Wildman–Crippen LogP) is 3.78. The number of carbonyl (C=O) groups excluding carboxylic acids is 3. The number of aromatic nitrogens is 2. The summed E-state index contributed by atoms with van der Waals surface area (Å²) < 4.78 is 11.5. The van der Waals surface area contributed by atoms with Crippen LogP contribution in [0.25, 0.3) is 0 Å². The number of hydrogen-bond donors (Lipinski definition) is 1. The van der Waals surface area contributed by atoms with Gasteiger partial charge in [0.15, 0.2) is 6.61 Å². The molecule has 0 unspecified atom stereocenters. The molecule has 0 atom stereocenters. The molecule has 1 N–H and O–H groups in total. The van der Waals surface area contributed by atoms with Crippen molar-refractivity contribution in [3.8, 4) is 0 Å². The van der Waals surface area contributed by atoms with Gasteiger partial charge in [0, 0.05) is 10.7 Å². The Bertz CT molecular complexity index is 1150. The molecule has 8 nitrogen and oxygen atoms in total. The lowest BCUT2D eigenvalue weighted by atomic mass is 10.2. The summed E-state index contributed by atoms with van der Waals surface area (Å²) in [5, 5.41) is 7.62. The number of esters is 2. The van der Waals surface area contributed by atoms with E-state index in [1.54, 1.807) is 36.7 Å². The Balaban J connectivity index is 1.61. The van der Waals surface area contributed by atoms with Crippen molar-refractivity contribution >= 4 is 35.1 Å². The average molecular weight is 456 g/mol. The fraction of sp³-hybridized carbons (Fsp3) is 0.217. The summed E-state index contributed by atoms with van der Waals surface area (Å²) in [6.45, 7) is 3.40. The first kappa shape index (κ1) is 23.0. The fourth-order valence-electron chi connectivity index (χ4n) is 3.14. The molecule has 1 amide bonds. The van der Waals surface area contributed by atoms with Crippen LogP contribution in [-0.2, 0) is 20.8 Å². The number of nitrogens with one attached hydrogen (secondary N) is 1. The number of aryl methyl sites for hydroxylation is 1. The Hall–Kier alpha value is -3.65. The molecule has 1 aromatic heterocycles. The molecule has 9 heteroatoms. The zero-order valence-corrected chi connectivity index (χ0v) is 18.6. The van der Waals surface area contributed by atoms with Crippen LogP contribution in [0.2, 0.25) is 5.02 Å². The third kappa shape index (κ3) is 5.33. The number of methoxy groups -OCH3 is 1. The van der Waals surface area contributed by atoms with Gasteiger partial charge in [-0.3, -0.25) is 9.48 Å². The first-order valence-corrected chi connectivity index (χ1v) is 10.1. The van der Waals surface area contributed by atoms with Gasteiger partial charge < -0.3 is 14.8 Å². The van der Waals surface area contributed by atoms with Gasteiger partial charge in [0.2, 0.25) is 0 Å². The molecular weight excluding hydrogens is 434 g/mol. The van der Waals surface area contributed by atoms with Gasteiger partial charge in [-0.25, -0.2) is 9.59 Å². The van der Waals surface area contributed by atoms with Crippen LogP contribution in [0.5, 0.6) is 0 Å². The van der Waals surface area contributed by atoms with Crippen molar-refractivity contribution in [1.82, 2.24) is 9.78 Å². The molecule has 0 aliphatic heterocycles. The Kier molecular flexibility index (Phi) is 7.27. The highest BCUT2D eigenvalue weighted by atomic mass is 35.5. The number of carbonyl (C=O) groups is 3. The van der Waals surface area contributed by atoms with E-state index in [4.69, 9.17) is 16.3 Å². The van der Waals surface area contributed by atoms with Crippen molar-refractivity contribution in [2.75, 3.05) is 19.0 Å². The first-order valence-electron chi connectivity index (χ1n) is 9.73. The van der Waals surface area contributed by atoms with Crippen molar-refractivity contribution < 1.29 is 23.9 Å². The number of rotatable bonds is 7. The van der Waals surface area contributed by atoms with E-state index in [2.05, 4.69) is 15.2 Å². The Morgan fingerprint density at radius 1 is 1.03 bits per heavy atom. The van der Waals surface area contributed by atoms with E-state index in [9.17, 15) is 14.4 Å². The molecule has 2 aromatic carbocycles. The maximum Gasteiger partial charge on any atom is 0.342 e. The maximum absolute atomic E-state index is 12.6. The van der Waals surface area contributed by atoms with Crippen molar-refractivity contribution in [2.45, 2.75) is 20.4 Å². The van der Waals surface area contributed by atoms with Crippen molar-refractivity contribution in [1.29, 1.82) is 0 Å². The molecule has 1 heterocycles. The van der Waals surface area contributed by atoms with Crippen LogP contribution in [0.1, 0.15) is 37.7 Å². The SMILES string of the molecule is COC(=O)c1ccc(NC(=O)COC(=O)c2c(C)nn(Cc3ccccc3Cl)c2C)cc1. The molecule has 32 heavy (non-hydrogen) atoms. The van der Waals surface area contributed by atoms with E-state index in [1.165, 1.54) is 19.2 Å². The second kappa shape index (κ2) is 10.1. The molecule has 3 aromatic rings. The van der Waals surface area contributed by atoms with Crippen molar-refractivity contribution in [3.63, 3.8) is 0 Å². The van der Waals surface area contributed by atoms with E-state index in [0.29, 0.717) is 39.8 Å². The Morgan fingerprint density at radius 2 is 1.72 bits per heavy atom. The monoisotopic (exact) mass is 455 g/mol. The third-order valence-corrected chi connectivity index (χ3v) is 5.16. The lowest BCUT2D eigenvalue weighted by Crippen LogP contribution is -2.21. The van der Waals surface area contributed by atoms with Crippen molar-refractivity contribution in [3.05, 3.63) is 81.6 Å².